The van der Waals surface area contributed by atoms with Crippen LogP contribution in [-0.4, -0.2) is 32.9 Å². The third kappa shape index (κ3) is 2.47. The normalized spacial score (nSPS) is 10.2. The quantitative estimate of drug-likeness (QED) is 0.723. The molecular formula is C11H13N5O. The molecule has 2 aromatic rings. The Kier molecular flexibility index (Phi) is 3.13. The minimum Gasteiger partial charge on any atom is -0.337 e. The molecule has 0 N–H and O–H groups in total. The van der Waals surface area contributed by atoms with Crippen molar-refractivity contribution in [2.24, 2.45) is 7.05 Å². The Hall–Kier alpha value is -2.24. The first kappa shape index (κ1) is 11.3. The second-order valence-corrected chi connectivity index (χ2v) is 3.74. The molecule has 0 aliphatic rings. The smallest absolute Gasteiger partial charge is 0.225 e. The fourth-order valence-electron chi connectivity index (χ4n) is 1.42. The highest BCUT2D eigenvalue weighted by Gasteiger charge is 2.07. The van der Waals surface area contributed by atoms with E-state index in [4.69, 9.17) is 0 Å². The maximum absolute atomic E-state index is 10.5. The predicted molar refractivity (Wildman–Crippen MR) is 62.7 cm³/mol. The molecule has 6 heteroatoms. The Morgan fingerprint density at radius 2 is 2.06 bits per heavy atom. The number of aryl methyl sites for hydroxylation is 1. The summed E-state index contributed by atoms with van der Waals surface area (Å²) in [6, 6.07) is 0. The number of aromatic nitrogens is 4. The fraction of sp³-hybridized carbons (Fsp3) is 0.273. The highest BCUT2D eigenvalue weighted by Crippen LogP contribution is 2.07. The summed E-state index contributed by atoms with van der Waals surface area (Å²) < 4.78 is 1.94. The van der Waals surface area contributed by atoms with Crippen molar-refractivity contribution < 1.29 is 4.79 Å². The SMILES string of the molecule is CN(Cc1nccn1C)c1ncc(C=O)cn1. The molecule has 0 aromatic carbocycles. The van der Waals surface area contributed by atoms with Gasteiger partial charge in [0.25, 0.3) is 0 Å². The standard InChI is InChI=1S/C11H13N5O/c1-15-4-3-12-10(15)7-16(2)11-13-5-9(8-17)6-14-11/h3-6,8H,7H2,1-2H3. The zero-order chi connectivity index (χ0) is 12.3. The van der Waals surface area contributed by atoms with Crippen LogP contribution in [0.15, 0.2) is 24.8 Å². The maximum atomic E-state index is 10.5. The Balaban J connectivity index is 2.11. The van der Waals surface area contributed by atoms with Crippen LogP contribution in [-0.2, 0) is 13.6 Å². The van der Waals surface area contributed by atoms with Crippen LogP contribution < -0.4 is 4.90 Å². The van der Waals surface area contributed by atoms with Crippen molar-refractivity contribution in [3.8, 4) is 0 Å². The molecular weight excluding hydrogens is 218 g/mol. The molecule has 2 aromatic heterocycles. The van der Waals surface area contributed by atoms with E-state index in [0.717, 1.165) is 12.1 Å². The largest absolute Gasteiger partial charge is 0.337 e. The van der Waals surface area contributed by atoms with Gasteiger partial charge in [0.05, 0.1) is 12.1 Å². The van der Waals surface area contributed by atoms with Gasteiger partial charge in [-0.15, -0.1) is 0 Å². The van der Waals surface area contributed by atoms with Crippen LogP contribution in [0.5, 0.6) is 0 Å². The summed E-state index contributed by atoms with van der Waals surface area (Å²) in [5, 5.41) is 0. The first-order chi connectivity index (χ1) is 8.20. The molecule has 88 valence electrons. The number of hydrogen-bond acceptors (Lipinski definition) is 5. The Bertz CT molecular complexity index is 505. The van der Waals surface area contributed by atoms with Crippen LogP contribution in [0.1, 0.15) is 16.2 Å². The van der Waals surface area contributed by atoms with Gasteiger partial charge in [0.2, 0.25) is 5.95 Å². The third-order valence-corrected chi connectivity index (χ3v) is 2.44. The van der Waals surface area contributed by atoms with Crippen molar-refractivity contribution >= 4 is 12.2 Å². The van der Waals surface area contributed by atoms with E-state index in [9.17, 15) is 4.79 Å². The van der Waals surface area contributed by atoms with Gasteiger partial charge < -0.3 is 9.47 Å². The lowest BCUT2D eigenvalue weighted by atomic mass is 10.4. The molecule has 0 aliphatic heterocycles. The van der Waals surface area contributed by atoms with E-state index in [-0.39, 0.29) is 0 Å². The molecule has 0 amide bonds. The van der Waals surface area contributed by atoms with Crippen molar-refractivity contribution in [3.05, 3.63) is 36.2 Å². The number of aldehydes is 1. The van der Waals surface area contributed by atoms with Crippen molar-refractivity contribution in [2.45, 2.75) is 6.54 Å². The molecule has 0 fully saturated rings. The molecule has 0 saturated carbocycles. The van der Waals surface area contributed by atoms with Crippen LogP contribution in [0.2, 0.25) is 0 Å². The van der Waals surface area contributed by atoms with E-state index in [1.807, 2.05) is 29.8 Å². The van der Waals surface area contributed by atoms with E-state index >= 15 is 0 Å². The summed E-state index contributed by atoms with van der Waals surface area (Å²) in [4.78, 5) is 24.8. The summed E-state index contributed by atoms with van der Waals surface area (Å²) in [6.45, 7) is 0.615. The van der Waals surface area contributed by atoms with E-state index < -0.39 is 0 Å². The lowest BCUT2D eigenvalue weighted by molar-refractivity contribution is 0.112. The molecule has 17 heavy (non-hydrogen) atoms. The van der Waals surface area contributed by atoms with Gasteiger partial charge in [0.15, 0.2) is 6.29 Å². The second-order valence-electron chi connectivity index (χ2n) is 3.74. The van der Waals surface area contributed by atoms with Gasteiger partial charge in [-0.25, -0.2) is 15.0 Å². The number of carbonyl (C=O) groups is 1. The van der Waals surface area contributed by atoms with Gasteiger partial charge >= 0.3 is 0 Å². The molecule has 2 rings (SSSR count). The highest BCUT2D eigenvalue weighted by molar-refractivity contribution is 5.73. The van der Waals surface area contributed by atoms with Crippen LogP contribution in [0.25, 0.3) is 0 Å². The van der Waals surface area contributed by atoms with Crippen LogP contribution in [0, 0.1) is 0 Å². The lowest BCUT2D eigenvalue weighted by Crippen LogP contribution is -2.21. The lowest BCUT2D eigenvalue weighted by Gasteiger charge is -2.16. The number of hydrogen-bond donors (Lipinski definition) is 0. The highest BCUT2D eigenvalue weighted by atomic mass is 16.1. The molecule has 0 saturated heterocycles. The van der Waals surface area contributed by atoms with Gasteiger partial charge in [-0.05, 0) is 0 Å². The molecule has 0 atom stereocenters. The second kappa shape index (κ2) is 4.73. The molecule has 0 radical (unpaired) electrons. The van der Waals surface area contributed by atoms with E-state index in [1.165, 1.54) is 12.4 Å². The number of nitrogens with zero attached hydrogens (tertiary/aromatic N) is 5. The summed E-state index contributed by atoms with van der Waals surface area (Å²) in [5.74, 6) is 1.49. The number of carbonyl (C=O) groups excluding carboxylic acids is 1. The summed E-state index contributed by atoms with van der Waals surface area (Å²) in [6.07, 6.45) is 7.37. The minimum absolute atomic E-state index is 0.471. The van der Waals surface area contributed by atoms with Crippen LogP contribution in [0.4, 0.5) is 5.95 Å². The van der Waals surface area contributed by atoms with Gasteiger partial charge in [0.1, 0.15) is 5.82 Å². The average molecular weight is 231 g/mol. The van der Waals surface area contributed by atoms with Gasteiger partial charge in [-0.2, -0.15) is 0 Å². The molecule has 6 nitrogen and oxygen atoms in total. The zero-order valence-electron chi connectivity index (χ0n) is 9.74. The van der Waals surface area contributed by atoms with Crippen LogP contribution in [0.3, 0.4) is 0 Å². The molecule has 0 aliphatic carbocycles. The van der Waals surface area contributed by atoms with E-state index in [0.29, 0.717) is 18.1 Å². The van der Waals surface area contributed by atoms with Gasteiger partial charge in [0, 0.05) is 38.9 Å². The van der Waals surface area contributed by atoms with Crippen LogP contribution >= 0.6 is 0 Å². The predicted octanol–water partition coefficient (Wildman–Crippen LogP) is 0.659. The number of imidazole rings is 1. The average Bonchev–Trinajstić information content (AvgIpc) is 2.75. The van der Waals surface area contributed by atoms with Crippen molar-refractivity contribution in [1.82, 2.24) is 19.5 Å². The third-order valence-electron chi connectivity index (χ3n) is 2.44. The van der Waals surface area contributed by atoms with E-state index in [2.05, 4.69) is 15.0 Å². The summed E-state index contributed by atoms with van der Waals surface area (Å²) in [5.41, 5.74) is 0.471. The fourth-order valence-corrected chi connectivity index (χ4v) is 1.42. The Labute approximate surface area is 98.9 Å². The summed E-state index contributed by atoms with van der Waals surface area (Å²) >= 11 is 0. The monoisotopic (exact) mass is 231 g/mol. The topological polar surface area (TPSA) is 63.9 Å². The first-order valence-electron chi connectivity index (χ1n) is 5.15. The maximum Gasteiger partial charge on any atom is 0.225 e. The zero-order valence-corrected chi connectivity index (χ0v) is 9.74. The molecule has 0 unspecified atom stereocenters. The Morgan fingerprint density at radius 3 is 2.59 bits per heavy atom. The minimum atomic E-state index is 0.471. The van der Waals surface area contributed by atoms with Crippen molar-refractivity contribution in [1.29, 1.82) is 0 Å². The molecule has 0 spiro atoms. The summed E-state index contributed by atoms with van der Waals surface area (Å²) in [7, 11) is 3.82. The first-order valence-corrected chi connectivity index (χ1v) is 5.15. The molecule has 2 heterocycles. The Morgan fingerprint density at radius 1 is 1.35 bits per heavy atom. The van der Waals surface area contributed by atoms with Gasteiger partial charge in [-0.1, -0.05) is 0 Å². The molecule has 0 bridgehead atoms. The van der Waals surface area contributed by atoms with Crippen molar-refractivity contribution in [2.75, 3.05) is 11.9 Å². The number of anilines is 1. The van der Waals surface area contributed by atoms with E-state index in [1.54, 1.807) is 6.20 Å². The number of rotatable bonds is 4. The van der Waals surface area contributed by atoms with Gasteiger partial charge in [-0.3, -0.25) is 4.79 Å². The van der Waals surface area contributed by atoms with Crippen molar-refractivity contribution in [3.63, 3.8) is 0 Å².